The van der Waals surface area contributed by atoms with E-state index in [1.807, 2.05) is 17.8 Å². The molecule has 19 heavy (non-hydrogen) atoms. The first-order chi connectivity index (χ1) is 9.28. The molecule has 2 aromatic rings. The highest BCUT2D eigenvalue weighted by atomic mass is 35.5. The molecule has 1 nitrogen and oxygen atoms in total. The first-order valence-corrected chi connectivity index (χ1v) is 8.62. The molecule has 0 spiro atoms. The number of hydrogen-bond donors (Lipinski definition) is 1. The van der Waals surface area contributed by atoms with Crippen molar-refractivity contribution in [3.63, 3.8) is 0 Å². The van der Waals surface area contributed by atoms with E-state index in [9.17, 15) is 0 Å². The Hall–Kier alpha value is -0.480. The highest BCUT2D eigenvalue weighted by Crippen LogP contribution is 2.29. The van der Waals surface area contributed by atoms with Gasteiger partial charge in [0.1, 0.15) is 0 Å². The Morgan fingerprint density at radius 2 is 2.16 bits per heavy atom. The summed E-state index contributed by atoms with van der Waals surface area (Å²) in [5.74, 6) is 0.989. The zero-order valence-electron chi connectivity index (χ0n) is 11.0. The molecule has 102 valence electrons. The van der Waals surface area contributed by atoms with Gasteiger partial charge >= 0.3 is 0 Å². The van der Waals surface area contributed by atoms with Crippen molar-refractivity contribution in [3.8, 4) is 0 Å². The van der Waals surface area contributed by atoms with E-state index >= 15 is 0 Å². The molecule has 0 radical (unpaired) electrons. The molecule has 0 saturated carbocycles. The second-order valence-corrected chi connectivity index (χ2v) is 7.17. The van der Waals surface area contributed by atoms with Crippen LogP contribution in [-0.2, 0) is 12.3 Å². The monoisotopic (exact) mass is 311 g/mol. The number of thiophene rings is 1. The van der Waals surface area contributed by atoms with Crippen LogP contribution in [0.5, 0.6) is 0 Å². The van der Waals surface area contributed by atoms with Crippen LogP contribution in [0.1, 0.15) is 23.8 Å². The van der Waals surface area contributed by atoms with Crippen molar-refractivity contribution in [1.29, 1.82) is 0 Å². The van der Waals surface area contributed by atoms with E-state index in [2.05, 4.69) is 42.6 Å². The van der Waals surface area contributed by atoms with Crippen LogP contribution in [0.25, 0.3) is 0 Å². The summed E-state index contributed by atoms with van der Waals surface area (Å²) in [5.41, 5.74) is 1.35. The van der Waals surface area contributed by atoms with Crippen LogP contribution in [0, 0.1) is 0 Å². The van der Waals surface area contributed by atoms with Gasteiger partial charge in [-0.2, -0.15) is 0 Å². The molecule has 0 fully saturated rings. The lowest BCUT2D eigenvalue weighted by atomic mass is 10.2. The van der Waals surface area contributed by atoms with Crippen LogP contribution in [0.3, 0.4) is 0 Å². The van der Waals surface area contributed by atoms with Crippen molar-refractivity contribution in [3.05, 3.63) is 51.2 Å². The first kappa shape index (κ1) is 14.9. The van der Waals surface area contributed by atoms with Crippen molar-refractivity contribution >= 4 is 34.7 Å². The largest absolute Gasteiger partial charge is 0.313 e. The average molecular weight is 312 g/mol. The van der Waals surface area contributed by atoms with Gasteiger partial charge in [0.15, 0.2) is 0 Å². The summed E-state index contributed by atoms with van der Waals surface area (Å²) >= 11 is 9.46. The van der Waals surface area contributed by atoms with E-state index < -0.39 is 0 Å². The lowest BCUT2D eigenvalue weighted by Crippen LogP contribution is -2.13. The van der Waals surface area contributed by atoms with E-state index in [-0.39, 0.29) is 0 Å². The van der Waals surface area contributed by atoms with Crippen LogP contribution in [0.4, 0.5) is 0 Å². The fourth-order valence-corrected chi connectivity index (χ4v) is 3.85. The number of rotatable bonds is 7. The lowest BCUT2D eigenvalue weighted by molar-refractivity contribution is 0.674. The van der Waals surface area contributed by atoms with Gasteiger partial charge < -0.3 is 5.32 Å². The molecule has 0 aliphatic carbocycles. The predicted octanol–water partition coefficient (Wildman–Crippen LogP) is 5.19. The molecule has 0 aliphatic rings. The highest BCUT2D eigenvalue weighted by molar-refractivity contribution is 7.98. The van der Waals surface area contributed by atoms with Gasteiger partial charge in [0.2, 0.25) is 0 Å². The Labute approximate surface area is 128 Å². The maximum absolute atomic E-state index is 5.94. The van der Waals surface area contributed by atoms with Crippen LogP contribution in [0.15, 0.2) is 41.3 Å². The molecule has 0 amide bonds. The Kier molecular flexibility index (Phi) is 6.24. The average Bonchev–Trinajstić information content (AvgIpc) is 2.83. The topological polar surface area (TPSA) is 12.0 Å². The van der Waals surface area contributed by atoms with E-state index in [4.69, 9.17) is 11.6 Å². The van der Waals surface area contributed by atoms with Gasteiger partial charge in [-0.3, -0.25) is 0 Å². The van der Waals surface area contributed by atoms with Crippen LogP contribution < -0.4 is 5.32 Å². The second-order valence-electron chi connectivity index (χ2n) is 4.32. The van der Waals surface area contributed by atoms with Crippen molar-refractivity contribution < 1.29 is 0 Å². The van der Waals surface area contributed by atoms with Gasteiger partial charge in [0, 0.05) is 22.1 Å². The maximum atomic E-state index is 5.94. The van der Waals surface area contributed by atoms with E-state index in [1.54, 1.807) is 11.3 Å². The van der Waals surface area contributed by atoms with Gasteiger partial charge in [-0.15, -0.1) is 23.1 Å². The Bertz CT molecular complexity index is 510. The van der Waals surface area contributed by atoms with Gasteiger partial charge in [-0.1, -0.05) is 30.7 Å². The molecular weight excluding hydrogens is 294 g/mol. The zero-order chi connectivity index (χ0) is 13.5. The molecule has 2 rings (SSSR count). The molecule has 1 aromatic carbocycles. The summed E-state index contributed by atoms with van der Waals surface area (Å²) in [4.78, 5) is 2.64. The van der Waals surface area contributed by atoms with Crippen molar-refractivity contribution in [1.82, 2.24) is 5.32 Å². The third kappa shape index (κ3) is 5.19. The van der Waals surface area contributed by atoms with Gasteiger partial charge in [0.25, 0.3) is 0 Å². The minimum atomic E-state index is 0.869. The van der Waals surface area contributed by atoms with Crippen LogP contribution in [0.2, 0.25) is 4.34 Å². The van der Waals surface area contributed by atoms with Crippen LogP contribution >= 0.6 is 34.7 Å². The fourth-order valence-electron chi connectivity index (χ4n) is 1.74. The van der Waals surface area contributed by atoms with Crippen molar-refractivity contribution in [2.24, 2.45) is 0 Å². The molecule has 4 heteroatoms. The highest BCUT2D eigenvalue weighted by Gasteiger charge is 2.01. The molecule has 0 atom stereocenters. The normalized spacial score (nSPS) is 10.8. The van der Waals surface area contributed by atoms with Crippen LogP contribution in [-0.4, -0.2) is 6.54 Å². The summed E-state index contributed by atoms with van der Waals surface area (Å²) < 4.78 is 0.869. The first-order valence-electron chi connectivity index (χ1n) is 6.44. The Morgan fingerprint density at radius 3 is 2.89 bits per heavy atom. The zero-order valence-corrected chi connectivity index (χ0v) is 13.4. The summed E-state index contributed by atoms with van der Waals surface area (Å²) in [6.45, 7) is 4.21. The SMILES string of the molecule is CCCNCc1cccc(SCc2ccc(Cl)s2)c1. The molecule has 1 heterocycles. The number of halogens is 1. The molecular formula is C15H18ClNS2. The maximum Gasteiger partial charge on any atom is 0.0931 e. The number of benzene rings is 1. The number of thioether (sulfide) groups is 1. The second kappa shape index (κ2) is 7.95. The van der Waals surface area contributed by atoms with Crippen molar-refractivity contribution in [2.45, 2.75) is 30.5 Å². The van der Waals surface area contributed by atoms with E-state index in [1.165, 1.54) is 21.8 Å². The predicted molar refractivity (Wildman–Crippen MR) is 87.3 cm³/mol. The Morgan fingerprint density at radius 1 is 1.26 bits per heavy atom. The van der Waals surface area contributed by atoms with Gasteiger partial charge in [-0.25, -0.2) is 0 Å². The van der Waals surface area contributed by atoms with E-state index in [0.717, 1.165) is 23.2 Å². The molecule has 0 saturated heterocycles. The van der Waals surface area contributed by atoms with Gasteiger partial charge in [-0.05, 0) is 42.8 Å². The molecule has 1 aromatic heterocycles. The quantitative estimate of drug-likeness (QED) is 0.557. The summed E-state index contributed by atoms with van der Waals surface area (Å²) in [6.07, 6.45) is 1.17. The number of hydrogen-bond acceptors (Lipinski definition) is 3. The molecule has 1 N–H and O–H groups in total. The van der Waals surface area contributed by atoms with Gasteiger partial charge in [0.05, 0.1) is 4.34 Å². The molecule has 0 aliphatic heterocycles. The van der Waals surface area contributed by atoms with E-state index in [0.29, 0.717) is 0 Å². The minimum absolute atomic E-state index is 0.869. The lowest BCUT2D eigenvalue weighted by Gasteiger charge is -2.06. The third-order valence-electron chi connectivity index (χ3n) is 2.66. The van der Waals surface area contributed by atoms with Crippen molar-refractivity contribution in [2.75, 3.05) is 6.54 Å². The fraction of sp³-hybridized carbons (Fsp3) is 0.333. The summed E-state index contributed by atoms with van der Waals surface area (Å²) in [6, 6.07) is 12.8. The number of nitrogens with one attached hydrogen (secondary N) is 1. The molecule has 0 bridgehead atoms. The standard InChI is InChI=1S/C15H18ClNS2/c1-2-8-17-10-12-4-3-5-13(9-12)18-11-14-6-7-15(16)19-14/h3-7,9,17H,2,8,10-11H2,1H3. The Balaban J connectivity index is 1.87. The summed E-state index contributed by atoms with van der Waals surface area (Å²) in [7, 11) is 0. The minimum Gasteiger partial charge on any atom is -0.313 e. The molecule has 0 unspecified atom stereocenters. The smallest absolute Gasteiger partial charge is 0.0931 e. The third-order valence-corrected chi connectivity index (χ3v) is 5.12. The summed E-state index contributed by atoms with van der Waals surface area (Å²) in [5, 5.41) is 3.43.